The van der Waals surface area contributed by atoms with Crippen LogP contribution in [0.2, 0.25) is 0 Å². The summed E-state index contributed by atoms with van der Waals surface area (Å²) in [7, 11) is 1.61. The normalized spacial score (nSPS) is 10.2. The highest BCUT2D eigenvalue weighted by atomic mass is 79.9. The van der Waals surface area contributed by atoms with Gasteiger partial charge in [-0.3, -0.25) is 0 Å². The van der Waals surface area contributed by atoms with Gasteiger partial charge in [0.15, 0.2) is 0 Å². The Morgan fingerprint density at radius 1 is 1.42 bits per heavy atom. The van der Waals surface area contributed by atoms with Crippen molar-refractivity contribution in [2.45, 2.75) is 6.61 Å². The number of carbonyl (C=O) groups is 1. The molecule has 1 aromatic heterocycles. The van der Waals surface area contributed by atoms with Crippen molar-refractivity contribution in [1.82, 2.24) is 0 Å². The van der Waals surface area contributed by atoms with Crippen LogP contribution in [0.3, 0.4) is 0 Å². The summed E-state index contributed by atoms with van der Waals surface area (Å²) >= 11 is 4.55. The van der Waals surface area contributed by atoms with E-state index in [1.807, 2.05) is 18.2 Å². The van der Waals surface area contributed by atoms with Crippen molar-refractivity contribution in [3.8, 4) is 11.5 Å². The van der Waals surface area contributed by atoms with Crippen molar-refractivity contribution in [3.05, 3.63) is 44.6 Å². The van der Waals surface area contributed by atoms with Gasteiger partial charge in [0.25, 0.3) is 0 Å². The lowest BCUT2D eigenvalue weighted by atomic mass is 10.2. The molecule has 0 unspecified atom stereocenters. The highest BCUT2D eigenvalue weighted by molar-refractivity contribution is 9.10. The van der Waals surface area contributed by atoms with E-state index in [2.05, 4.69) is 15.9 Å². The van der Waals surface area contributed by atoms with E-state index < -0.39 is 5.97 Å². The molecule has 0 atom stereocenters. The summed E-state index contributed by atoms with van der Waals surface area (Å²) in [6.45, 7) is 0.373. The molecule has 19 heavy (non-hydrogen) atoms. The first-order chi connectivity index (χ1) is 9.10. The fraction of sp³-hybridized carbons (Fsp3) is 0.154. The number of hydrogen-bond acceptors (Lipinski definition) is 4. The standard InChI is InChI=1S/C13H11BrO4S/c1-17-11-3-2-8(4-10(11)14)6-18-9-5-12(13(15)16)19-7-9/h2-5,7H,6H2,1H3,(H,15,16). The largest absolute Gasteiger partial charge is 0.496 e. The molecule has 1 N–H and O–H groups in total. The Morgan fingerprint density at radius 2 is 2.21 bits per heavy atom. The molecule has 0 spiro atoms. The molecule has 0 amide bonds. The molecular formula is C13H11BrO4S. The first kappa shape index (κ1) is 13.9. The molecule has 0 saturated heterocycles. The second-order valence-corrected chi connectivity index (χ2v) is 5.47. The van der Waals surface area contributed by atoms with Gasteiger partial charge in [-0.1, -0.05) is 6.07 Å². The van der Waals surface area contributed by atoms with Gasteiger partial charge in [0.05, 0.1) is 11.6 Å². The lowest BCUT2D eigenvalue weighted by Gasteiger charge is -2.07. The summed E-state index contributed by atoms with van der Waals surface area (Å²) in [4.78, 5) is 11.0. The van der Waals surface area contributed by atoms with Gasteiger partial charge in [-0.2, -0.15) is 0 Å². The summed E-state index contributed by atoms with van der Waals surface area (Å²) < 4.78 is 11.5. The molecule has 0 aliphatic carbocycles. The van der Waals surface area contributed by atoms with E-state index in [4.69, 9.17) is 14.6 Å². The number of thiophene rings is 1. The first-order valence-electron chi connectivity index (χ1n) is 5.37. The molecule has 100 valence electrons. The number of benzene rings is 1. The maximum Gasteiger partial charge on any atom is 0.346 e. The van der Waals surface area contributed by atoms with E-state index in [9.17, 15) is 4.79 Å². The second kappa shape index (κ2) is 6.08. The van der Waals surface area contributed by atoms with Crippen LogP contribution in [-0.4, -0.2) is 18.2 Å². The van der Waals surface area contributed by atoms with Crippen LogP contribution in [0, 0.1) is 0 Å². The molecule has 0 fully saturated rings. The number of hydrogen-bond donors (Lipinski definition) is 1. The summed E-state index contributed by atoms with van der Waals surface area (Å²) in [5.74, 6) is 0.383. The third kappa shape index (κ3) is 3.48. The van der Waals surface area contributed by atoms with Gasteiger partial charge in [0, 0.05) is 11.4 Å². The van der Waals surface area contributed by atoms with Crippen LogP contribution in [0.4, 0.5) is 0 Å². The molecule has 4 nitrogen and oxygen atoms in total. The zero-order valence-corrected chi connectivity index (χ0v) is 12.5. The number of rotatable bonds is 5. The fourth-order valence-electron chi connectivity index (χ4n) is 1.47. The van der Waals surface area contributed by atoms with E-state index in [0.717, 1.165) is 27.1 Å². The van der Waals surface area contributed by atoms with Gasteiger partial charge in [-0.05, 0) is 33.6 Å². The minimum atomic E-state index is -0.938. The Bertz CT molecular complexity index is 594. The fourth-order valence-corrected chi connectivity index (χ4v) is 2.73. The zero-order valence-electron chi connectivity index (χ0n) is 10.1. The third-order valence-electron chi connectivity index (χ3n) is 2.41. The average Bonchev–Trinajstić information content (AvgIpc) is 2.85. The van der Waals surface area contributed by atoms with Crippen LogP contribution in [0.1, 0.15) is 15.2 Å². The van der Waals surface area contributed by atoms with Crippen LogP contribution in [-0.2, 0) is 6.61 Å². The van der Waals surface area contributed by atoms with Gasteiger partial charge >= 0.3 is 5.97 Å². The molecule has 2 aromatic rings. The van der Waals surface area contributed by atoms with Crippen LogP contribution in [0.25, 0.3) is 0 Å². The van der Waals surface area contributed by atoms with Crippen molar-refractivity contribution in [3.63, 3.8) is 0 Å². The monoisotopic (exact) mass is 342 g/mol. The van der Waals surface area contributed by atoms with Crippen molar-refractivity contribution < 1.29 is 19.4 Å². The third-order valence-corrected chi connectivity index (χ3v) is 3.92. The lowest BCUT2D eigenvalue weighted by molar-refractivity contribution is 0.0702. The number of carboxylic acids is 1. The molecule has 0 aliphatic heterocycles. The highest BCUT2D eigenvalue weighted by Gasteiger charge is 2.08. The minimum absolute atomic E-state index is 0.269. The van der Waals surface area contributed by atoms with E-state index in [1.54, 1.807) is 12.5 Å². The minimum Gasteiger partial charge on any atom is -0.496 e. The quantitative estimate of drug-likeness (QED) is 0.897. The lowest BCUT2D eigenvalue weighted by Crippen LogP contribution is -1.96. The Balaban J connectivity index is 2.01. The summed E-state index contributed by atoms with van der Waals surface area (Å²) in [6.07, 6.45) is 0. The Labute approximate surface area is 122 Å². The number of halogens is 1. The highest BCUT2D eigenvalue weighted by Crippen LogP contribution is 2.27. The topological polar surface area (TPSA) is 55.8 Å². The maximum absolute atomic E-state index is 10.7. The van der Waals surface area contributed by atoms with Gasteiger partial charge in [0.1, 0.15) is 23.0 Å². The van der Waals surface area contributed by atoms with Crippen LogP contribution in [0.15, 0.2) is 34.1 Å². The van der Waals surface area contributed by atoms with Crippen molar-refractivity contribution >= 4 is 33.2 Å². The van der Waals surface area contributed by atoms with E-state index in [1.165, 1.54) is 6.07 Å². The van der Waals surface area contributed by atoms with Gasteiger partial charge < -0.3 is 14.6 Å². The van der Waals surface area contributed by atoms with Crippen molar-refractivity contribution in [2.24, 2.45) is 0 Å². The molecule has 6 heteroatoms. The molecule has 0 bridgehead atoms. The summed E-state index contributed by atoms with van der Waals surface area (Å²) in [5.41, 5.74) is 0.968. The number of carboxylic acid groups (broad SMARTS) is 1. The average molecular weight is 343 g/mol. The Hall–Kier alpha value is -1.53. The molecule has 0 radical (unpaired) electrons. The number of aromatic carboxylic acids is 1. The van der Waals surface area contributed by atoms with Gasteiger partial charge in [-0.25, -0.2) is 4.79 Å². The Kier molecular flexibility index (Phi) is 4.44. The zero-order chi connectivity index (χ0) is 13.8. The van der Waals surface area contributed by atoms with Gasteiger partial charge in [0.2, 0.25) is 0 Å². The van der Waals surface area contributed by atoms with Crippen molar-refractivity contribution in [2.75, 3.05) is 7.11 Å². The first-order valence-corrected chi connectivity index (χ1v) is 7.04. The molecule has 0 aliphatic rings. The summed E-state index contributed by atoms with van der Waals surface area (Å²) in [6, 6.07) is 7.17. The maximum atomic E-state index is 10.7. The predicted molar refractivity (Wildman–Crippen MR) is 76.3 cm³/mol. The van der Waals surface area contributed by atoms with E-state index in [0.29, 0.717) is 12.4 Å². The van der Waals surface area contributed by atoms with E-state index in [-0.39, 0.29) is 4.88 Å². The molecule has 2 rings (SSSR count). The predicted octanol–water partition coefficient (Wildman–Crippen LogP) is 3.80. The van der Waals surface area contributed by atoms with Crippen LogP contribution in [0.5, 0.6) is 11.5 Å². The second-order valence-electron chi connectivity index (χ2n) is 3.71. The van der Waals surface area contributed by atoms with Crippen molar-refractivity contribution in [1.29, 1.82) is 0 Å². The number of ether oxygens (including phenoxy) is 2. The van der Waals surface area contributed by atoms with Crippen LogP contribution >= 0.6 is 27.3 Å². The molecule has 1 heterocycles. The molecule has 1 aromatic carbocycles. The molecular weight excluding hydrogens is 332 g/mol. The molecule has 0 saturated carbocycles. The van der Waals surface area contributed by atoms with Crippen LogP contribution < -0.4 is 9.47 Å². The Morgan fingerprint density at radius 3 is 2.79 bits per heavy atom. The SMILES string of the molecule is COc1ccc(COc2csc(C(=O)O)c2)cc1Br. The van der Waals surface area contributed by atoms with Gasteiger partial charge in [-0.15, -0.1) is 11.3 Å². The van der Waals surface area contributed by atoms with E-state index >= 15 is 0 Å². The summed E-state index contributed by atoms with van der Waals surface area (Å²) in [5, 5.41) is 10.5. The smallest absolute Gasteiger partial charge is 0.346 e. The number of methoxy groups -OCH3 is 1.